The maximum atomic E-state index is 13.9. The summed E-state index contributed by atoms with van der Waals surface area (Å²) in [6, 6.07) is 3.77. The highest BCUT2D eigenvalue weighted by Gasteiger charge is 2.17. The first-order chi connectivity index (χ1) is 13.8. The molecule has 0 fully saturated rings. The summed E-state index contributed by atoms with van der Waals surface area (Å²) >= 11 is 0. The number of hydrogen-bond donors (Lipinski definition) is 3. The molecule has 0 saturated heterocycles. The third kappa shape index (κ3) is 4.66. The van der Waals surface area contributed by atoms with Gasteiger partial charge in [-0.2, -0.15) is 4.98 Å². The molecular formula is C19H20F2N4O4. The van der Waals surface area contributed by atoms with Crippen molar-refractivity contribution in [2.75, 3.05) is 11.9 Å². The Hall–Kier alpha value is -3.11. The third-order valence-corrected chi connectivity index (χ3v) is 4.00. The smallest absolute Gasteiger partial charge is 0.295 e. The maximum Gasteiger partial charge on any atom is 0.295 e. The lowest BCUT2D eigenvalue weighted by atomic mass is 10.2. The number of aliphatic hydroxyl groups excluding tert-OH is 2. The third-order valence-electron chi connectivity index (χ3n) is 4.00. The summed E-state index contributed by atoms with van der Waals surface area (Å²) in [5.41, 5.74) is -0.424. The van der Waals surface area contributed by atoms with Crippen molar-refractivity contribution in [3.63, 3.8) is 0 Å². The van der Waals surface area contributed by atoms with E-state index in [0.29, 0.717) is 11.5 Å². The number of nitrogens with zero attached hydrogens (tertiary/aromatic N) is 3. The number of anilines is 1. The maximum absolute atomic E-state index is 13.9. The molecule has 2 atom stereocenters. The van der Waals surface area contributed by atoms with Crippen LogP contribution in [0.5, 0.6) is 11.5 Å². The number of nitrogens with one attached hydrogen (secondary N) is 1. The van der Waals surface area contributed by atoms with E-state index < -0.39 is 23.3 Å². The molecule has 1 aromatic carbocycles. The standard InChI is InChI=1S/C19H20F2N4O4/c1-10(9-26)23-19-22-7-12-5-16(29-15-4-3-13(20)6-14(15)21)18(28)25(8-11(2)27)17(12)24-19/h3-7,10-11,26-27H,8-9H2,1-2H3,(H,22,23,24)/t10-,11-/m0/s1. The molecule has 0 unspecified atom stereocenters. The van der Waals surface area contributed by atoms with Crippen LogP contribution in [0.1, 0.15) is 13.8 Å². The quantitative estimate of drug-likeness (QED) is 0.551. The van der Waals surface area contributed by atoms with Crippen molar-refractivity contribution < 1.29 is 23.7 Å². The minimum absolute atomic E-state index is 0.0928. The van der Waals surface area contributed by atoms with Crippen molar-refractivity contribution >= 4 is 17.0 Å². The molecular weight excluding hydrogens is 386 g/mol. The van der Waals surface area contributed by atoms with Gasteiger partial charge in [0.15, 0.2) is 17.3 Å². The van der Waals surface area contributed by atoms with Crippen molar-refractivity contribution in [1.82, 2.24) is 14.5 Å². The lowest BCUT2D eigenvalue weighted by molar-refractivity contribution is 0.173. The van der Waals surface area contributed by atoms with E-state index in [1.807, 2.05) is 0 Å². The number of fused-ring (bicyclic) bond motifs is 1. The van der Waals surface area contributed by atoms with Crippen LogP contribution in [0.4, 0.5) is 14.7 Å². The summed E-state index contributed by atoms with van der Waals surface area (Å²) in [6.07, 6.45) is 0.553. The Labute approximate surface area is 164 Å². The van der Waals surface area contributed by atoms with Crippen molar-refractivity contribution in [1.29, 1.82) is 0 Å². The van der Waals surface area contributed by atoms with Crippen molar-refractivity contribution in [3.8, 4) is 11.5 Å². The van der Waals surface area contributed by atoms with Crippen LogP contribution in [0.25, 0.3) is 11.0 Å². The van der Waals surface area contributed by atoms with Gasteiger partial charge in [-0.25, -0.2) is 13.8 Å². The summed E-state index contributed by atoms with van der Waals surface area (Å²) in [7, 11) is 0. The minimum atomic E-state index is -0.958. The Morgan fingerprint density at radius 2 is 2.00 bits per heavy atom. The monoisotopic (exact) mass is 406 g/mol. The zero-order valence-electron chi connectivity index (χ0n) is 15.8. The van der Waals surface area contributed by atoms with Crippen LogP contribution < -0.4 is 15.6 Å². The molecule has 154 valence electrons. The van der Waals surface area contributed by atoms with Gasteiger partial charge in [0.05, 0.1) is 19.3 Å². The normalized spacial score (nSPS) is 13.3. The minimum Gasteiger partial charge on any atom is -0.448 e. The zero-order chi connectivity index (χ0) is 21.1. The lowest BCUT2D eigenvalue weighted by Gasteiger charge is -2.16. The van der Waals surface area contributed by atoms with Gasteiger partial charge in [0.2, 0.25) is 5.95 Å². The van der Waals surface area contributed by atoms with Gasteiger partial charge in [0.25, 0.3) is 5.56 Å². The Morgan fingerprint density at radius 3 is 2.66 bits per heavy atom. The Balaban J connectivity index is 2.11. The number of halogens is 2. The van der Waals surface area contributed by atoms with Crippen LogP contribution in [-0.4, -0.2) is 43.5 Å². The van der Waals surface area contributed by atoms with E-state index in [2.05, 4.69) is 15.3 Å². The predicted octanol–water partition coefficient (Wildman–Crippen LogP) is 2.04. The molecule has 0 aliphatic rings. The molecule has 0 amide bonds. The van der Waals surface area contributed by atoms with E-state index in [9.17, 15) is 18.7 Å². The molecule has 3 aromatic rings. The van der Waals surface area contributed by atoms with Crippen LogP contribution in [0.15, 0.2) is 35.3 Å². The van der Waals surface area contributed by atoms with Crippen LogP contribution in [0, 0.1) is 11.6 Å². The molecule has 2 aromatic heterocycles. The van der Waals surface area contributed by atoms with Gasteiger partial charge in [0, 0.05) is 23.7 Å². The molecule has 8 nitrogen and oxygen atoms in total. The first-order valence-corrected chi connectivity index (χ1v) is 8.87. The molecule has 3 N–H and O–H groups in total. The molecule has 10 heteroatoms. The van der Waals surface area contributed by atoms with Gasteiger partial charge < -0.3 is 20.3 Å². The van der Waals surface area contributed by atoms with Gasteiger partial charge >= 0.3 is 0 Å². The van der Waals surface area contributed by atoms with E-state index >= 15 is 0 Å². The van der Waals surface area contributed by atoms with Crippen LogP contribution >= 0.6 is 0 Å². The predicted molar refractivity (Wildman–Crippen MR) is 102 cm³/mol. The van der Waals surface area contributed by atoms with E-state index in [4.69, 9.17) is 9.84 Å². The van der Waals surface area contributed by atoms with Crippen molar-refractivity contribution in [3.05, 3.63) is 52.5 Å². The van der Waals surface area contributed by atoms with E-state index in [-0.39, 0.29) is 42.3 Å². The fourth-order valence-corrected chi connectivity index (χ4v) is 2.65. The van der Waals surface area contributed by atoms with Gasteiger partial charge in [-0.1, -0.05) is 0 Å². The fourth-order valence-electron chi connectivity index (χ4n) is 2.65. The second kappa shape index (κ2) is 8.50. The van der Waals surface area contributed by atoms with E-state index in [1.165, 1.54) is 23.8 Å². The van der Waals surface area contributed by atoms with E-state index in [1.54, 1.807) is 6.92 Å². The number of ether oxygens (including phenoxy) is 1. The molecule has 0 saturated carbocycles. The number of pyridine rings is 1. The average Bonchev–Trinajstić information content (AvgIpc) is 2.67. The number of aromatic nitrogens is 3. The fraction of sp³-hybridized carbons (Fsp3) is 0.316. The van der Waals surface area contributed by atoms with E-state index in [0.717, 1.165) is 12.1 Å². The first-order valence-electron chi connectivity index (χ1n) is 8.87. The second-order valence-corrected chi connectivity index (χ2v) is 6.65. The number of rotatable bonds is 7. The summed E-state index contributed by atoms with van der Waals surface area (Å²) in [4.78, 5) is 21.3. The summed E-state index contributed by atoms with van der Waals surface area (Å²) in [5.74, 6) is -2.08. The average molecular weight is 406 g/mol. The summed E-state index contributed by atoms with van der Waals surface area (Å²) in [6.45, 7) is 2.99. The highest BCUT2D eigenvalue weighted by atomic mass is 19.1. The van der Waals surface area contributed by atoms with Crippen LogP contribution in [0.2, 0.25) is 0 Å². The summed E-state index contributed by atoms with van der Waals surface area (Å²) in [5, 5.41) is 22.3. The highest BCUT2D eigenvalue weighted by molar-refractivity contribution is 5.77. The first kappa shape index (κ1) is 20.6. The molecule has 29 heavy (non-hydrogen) atoms. The van der Waals surface area contributed by atoms with Crippen molar-refractivity contribution in [2.24, 2.45) is 0 Å². The SMILES string of the molecule is C[C@H](O)Cn1c(=O)c(Oc2ccc(F)cc2F)cc2cnc(N[C@@H](C)CO)nc21. The Bertz CT molecular complexity index is 1090. The Kier molecular flexibility index (Phi) is 6.04. The molecule has 0 bridgehead atoms. The van der Waals surface area contributed by atoms with Crippen LogP contribution in [-0.2, 0) is 6.54 Å². The summed E-state index contributed by atoms with van der Waals surface area (Å²) < 4.78 is 33.6. The largest absolute Gasteiger partial charge is 0.448 e. The highest BCUT2D eigenvalue weighted by Crippen LogP contribution is 2.25. The molecule has 0 radical (unpaired) electrons. The van der Waals surface area contributed by atoms with Crippen molar-refractivity contribution in [2.45, 2.75) is 32.5 Å². The molecule has 0 spiro atoms. The van der Waals surface area contributed by atoms with Crippen LogP contribution in [0.3, 0.4) is 0 Å². The zero-order valence-corrected chi connectivity index (χ0v) is 15.8. The molecule has 0 aliphatic heterocycles. The number of aliphatic hydroxyl groups is 2. The lowest BCUT2D eigenvalue weighted by Crippen LogP contribution is -2.27. The molecule has 2 heterocycles. The van der Waals surface area contributed by atoms with Gasteiger partial charge in [0.1, 0.15) is 11.5 Å². The van der Waals surface area contributed by atoms with Gasteiger partial charge in [-0.3, -0.25) is 9.36 Å². The molecule has 0 aliphatic carbocycles. The Morgan fingerprint density at radius 1 is 1.24 bits per heavy atom. The number of hydrogen-bond acceptors (Lipinski definition) is 7. The van der Waals surface area contributed by atoms with Gasteiger partial charge in [-0.15, -0.1) is 0 Å². The molecule has 3 rings (SSSR count). The second-order valence-electron chi connectivity index (χ2n) is 6.65. The number of benzene rings is 1. The topological polar surface area (TPSA) is 110 Å². The van der Waals surface area contributed by atoms with Gasteiger partial charge in [-0.05, 0) is 32.0 Å².